The zero-order valence-corrected chi connectivity index (χ0v) is 17.6. The predicted molar refractivity (Wildman–Crippen MR) is 114 cm³/mol. The van der Waals surface area contributed by atoms with Gasteiger partial charge in [-0.15, -0.1) is 23.1 Å². The average Bonchev–Trinajstić information content (AvgIpc) is 3.15. The standard InChI is InChI=1S/C20H17ClN2O3S2/c1-12-3-5-13(6-4-12)17-11-28-20(22-17)23-18(24)10-26-19(25)15-9-14(27-2)7-8-16(15)21/h3-9,11H,10H2,1-2H3,(H,22,23,24). The van der Waals surface area contributed by atoms with Crippen LogP contribution >= 0.6 is 34.7 Å². The third-order valence-corrected chi connectivity index (χ3v) is 5.64. The molecule has 0 atom stereocenters. The van der Waals surface area contributed by atoms with Gasteiger partial charge in [0, 0.05) is 15.8 Å². The summed E-state index contributed by atoms with van der Waals surface area (Å²) < 4.78 is 5.08. The molecular formula is C20H17ClN2O3S2. The van der Waals surface area contributed by atoms with E-state index in [-0.39, 0.29) is 10.6 Å². The molecule has 0 bridgehead atoms. The number of amides is 1. The summed E-state index contributed by atoms with van der Waals surface area (Å²) in [6.07, 6.45) is 1.89. The van der Waals surface area contributed by atoms with Crippen LogP contribution in [0.5, 0.6) is 0 Å². The van der Waals surface area contributed by atoms with Gasteiger partial charge in [-0.3, -0.25) is 10.1 Å². The van der Waals surface area contributed by atoms with Gasteiger partial charge >= 0.3 is 5.97 Å². The number of ether oxygens (including phenoxy) is 1. The van der Waals surface area contributed by atoms with E-state index in [9.17, 15) is 9.59 Å². The van der Waals surface area contributed by atoms with Crippen LogP contribution in [0.4, 0.5) is 5.13 Å². The van der Waals surface area contributed by atoms with Gasteiger partial charge in [0.2, 0.25) is 0 Å². The van der Waals surface area contributed by atoms with Crippen molar-refractivity contribution in [2.24, 2.45) is 0 Å². The van der Waals surface area contributed by atoms with Gasteiger partial charge in [-0.25, -0.2) is 9.78 Å². The quantitative estimate of drug-likeness (QED) is 0.423. The SMILES string of the molecule is CSc1ccc(Cl)c(C(=O)OCC(=O)Nc2nc(-c3ccc(C)cc3)cs2)c1. The number of thioether (sulfide) groups is 1. The Morgan fingerprint density at radius 1 is 1.21 bits per heavy atom. The zero-order chi connectivity index (χ0) is 20.1. The molecule has 3 rings (SSSR count). The minimum absolute atomic E-state index is 0.234. The topological polar surface area (TPSA) is 68.3 Å². The highest BCUT2D eigenvalue weighted by molar-refractivity contribution is 7.98. The second-order valence-electron chi connectivity index (χ2n) is 5.87. The molecule has 144 valence electrons. The van der Waals surface area contributed by atoms with E-state index in [1.165, 1.54) is 23.1 Å². The predicted octanol–water partition coefficient (Wildman–Crippen LogP) is 5.29. The monoisotopic (exact) mass is 432 g/mol. The molecular weight excluding hydrogens is 416 g/mol. The molecule has 2 aromatic carbocycles. The number of nitrogens with zero attached hydrogens (tertiary/aromatic N) is 1. The minimum atomic E-state index is -0.643. The Hall–Kier alpha value is -2.35. The number of anilines is 1. The van der Waals surface area contributed by atoms with Crippen molar-refractivity contribution in [3.8, 4) is 11.3 Å². The molecule has 1 N–H and O–H groups in total. The maximum absolute atomic E-state index is 12.2. The first-order chi connectivity index (χ1) is 13.5. The van der Waals surface area contributed by atoms with Crippen molar-refractivity contribution < 1.29 is 14.3 Å². The van der Waals surface area contributed by atoms with E-state index < -0.39 is 18.5 Å². The number of hydrogen-bond acceptors (Lipinski definition) is 6. The summed E-state index contributed by atoms with van der Waals surface area (Å²) in [7, 11) is 0. The lowest BCUT2D eigenvalue weighted by Gasteiger charge is -2.07. The first kappa shape index (κ1) is 20.4. The van der Waals surface area contributed by atoms with E-state index in [0.29, 0.717) is 5.13 Å². The minimum Gasteiger partial charge on any atom is -0.452 e. The second-order valence-corrected chi connectivity index (χ2v) is 8.02. The lowest BCUT2D eigenvalue weighted by molar-refractivity contribution is -0.119. The van der Waals surface area contributed by atoms with Crippen molar-refractivity contribution in [1.82, 2.24) is 4.98 Å². The van der Waals surface area contributed by atoms with Gasteiger partial charge < -0.3 is 4.74 Å². The van der Waals surface area contributed by atoms with Crippen molar-refractivity contribution in [1.29, 1.82) is 0 Å². The van der Waals surface area contributed by atoms with Crippen LogP contribution in [0.25, 0.3) is 11.3 Å². The van der Waals surface area contributed by atoms with Crippen LogP contribution in [-0.2, 0) is 9.53 Å². The number of nitrogens with one attached hydrogen (secondary N) is 1. The van der Waals surface area contributed by atoms with Gasteiger partial charge in [0.1, 0.15) is 0 Å². The number of aromatic nitrogens is 1. The van der Waals surface area contributed by atoms with Crippen LogP contribution in [0.1, 0.15) is 15.9 Å². The molecule has 1 heterocycles. The lowest BCUT2D eigenvalue weighted by atomic mass is 10.1. The number of thiazole rings is 1. The molecule has 5 nitrogen and oxygen atoms in total. The fourth-order valence-corrected chi connectivity index (χ4v) is 3.71. The molecule has 8 heteroatoms. The number of rotatable bonds is 6. The van der Waals surface area contributed by atoms with Crippen LogP contribution in [0.15, 0.2) is 52.7 Å². The number of benzene rings is 2. The Balaban J connectivity index is 1.57. The van der Waals surface area contributed by atoms with Gasteiger partial charge in [-0.2, -0.15) is 0 Å². The third kappa shape index (κ3) is 5.13. The fourth-order valence-electron chi connectivity index (χ4n) is 2.34. The summed E-state index contributed by atoms with van der Waals surface area (Å²) in [6.45, 7) is 1.60. The highest BCUT2D eigenvalue weighted by atomic mass is 35.5. The van der Waals surface area contributed by atoms with E-state index in [1.807, 2.05) is 48.9 Å². The molecule has 3 aromatic rings. The van der Waals surface area contributed by atoms with E-state index in [2.05, 4.69) is 10.3 Å². The van der Waals surface area contributed by atoms with Crippen LogP contribution in [-0.4, -0.2) is 29.7 Å². The second kappa shape index (κ2) is 9.23. The Kier molecular flexibility index (Phi) is 6.72. The molecule has 0 aliphatic heterocycles. The van der Waals surface area contributed by atoms with Crippen molar-refractivity contribution in [2.45, 2.75) is 11.8 Å². The molecule has 0 radical (unpaired) electrons. The summed E-state index contributed by atoms with van der Waals surface area (Å²) in [5.74, 6) is -1.11. The number of carbonyl (C=O) groups excluding carboxylic acids is 2. The maximum Gasteiger partial charge on any atom is 0.340 e. The largest absolute Gasteiger partial charge is 0.452 e. The summed E-state index contributed by atoms with van der Waals surface area (Å²) in [6, 6.07) is 13.0. The molecule has 1 aromatic heterocycles. The Bertz CT molecular complexity index is 1000. The molecule has 0 fully saturated rings. The summed E-state index contributed by atoms with van der Waals surface area (Å²) in [5, 5.41) is 5.23. The van der Waals surface area contributed by atoms with Gasteiger partial charge in [0.25, 0.3) is 5.91 Å². The molecule has 0 saturated carbocycles. The Morgan fingerprint density at radius 2 is 1.96 bits per heavy atom. The molecule has 0 saturated heterocycles. The number of halogens is 1. The third-order valence-electron chi connectivity index (χ3n) is 3.83. The van der Waals surface area contributed by atoms with Crippen molar-refractivity contribution in [3.05, 3.63) is 64.0 Å². The Morgan fingerprint density at radius 3 is 2.68 bits per heavy atom. The van der Waals surface area contributed by atoms with Crippen LogP contribution in [0.3, 0.4) is 0 Å². The van der Waals surface area contributed by atoms with E-state index >= 15 is 0 Å². The molecule has 0 spiro atoms. The number of esters is 1. The summed E-state index contributed by atoms with van der Waals surface area (Å²) in [4.78, 5) is 29.6. The van der Waals surface area contributed by atoms with Crippen LogP contribution in [0.2, 0.25) is 5.02 Å². The van der Waals surface area contributed by atoms with Crippen molar-refractivity contribution >= 4 is 51.7 Å². The highest BCUT2D eigenvalue weighted by Crippen LogP contribution is 2.25. The molecule has 0 unspecified atom stereocenters. The van der Waals surface area contributed by atoms with Crippen LogP contribution < -0.4 is 5.32 Å². The molecule has 0 aliphatic rings. The fraction of sp³-hybridized carbons (Fsp3) is 0.150. The van der Waals surface area contributed by atoms with Gasteiger partial charge in [0.05, 0.1) is 16.3 Å². The van der Waals surface area contributed by atoms with Gasteiger partial charge in [0.15, 0.2) is 11.7 Å². The van der Waals surface area contributed by atoms with E-state index in [1.54, 1.807) is 12.1 Å². The molecule has 0 aliphatic carbocycles. The zero-order valence-electron chi connectivity index (χ0n) is 15.2. The number of aryl methyl sites for hydroxylation is 1. The molecule has 1 amide bonds. The number of hydrogen-bond donors (Lipinski definition) is 1. The lowest BCUT2D eigenvalue weighted by Crippen LogP contribution is -2.21. The van der Waals surface area contributed by atoms with Gasteiger partial charge in [-0.05, 0) is 31.4 Å². The van der Waals surface area contributed by atoms with E-state index in [4.69, 9.17) is 16.3 Å². The highest BCUT2D eigenvalue weighted by Gasteiger charge is 2.15. The average molecular weight is 433 g/mol. The van der Waals surface area contributed by atoms with Crippen molar-refractivity contribution in [3.63, 3.8) is 0 Å². The Labute approximate surface area is 176 Å². The smallest absolute Gasteiger partial charge is 0.340 e. The van der Waals surface area contributed by atoms with E-state index in [0.717, 1.165) is 21.7 Å². The summed E-state index contributed by atoms with van der Waals surface area (Å²) in [5.41, 5.74) is 3.14. The summed E-state index contributed by atoms with van der Waals surface area (Å²) >= 11 is 8.84. The maximum atomic E-state index is 12.2. The van der Waals surface area contributed by atoms with Crippen molar-refractivity contribution in [2.75, 3.05) is 18.2 Å². The first-order valence-electron chi connectivity index (χ1n) is 8.29. The first-order valence-corrected chi connectivity index (χ1v) is 10.8. The van der Waals surface area contributed by atoms with Gasteiger partial charge in [-0.1, -0.05) is 41.4 Å². The van der Waals surface area contributed by atoms with Crippen LogP contribution in [0, 0.1) is 6.92 Å². The number of carbonyl (C=O) groups is 2. The molecule has 28 heavy (non-hydrogen) atoms. The normalized spacial score (nSPS) is 10.5.